The Morgan fingerprint density at radius 1 is 1.43 bits per heavy atom. The van der Waals surface area contributed by atoms with E-state index in [0.29, 0.717) is 12.2 Å². The molecule has 114 valence electrons. The van der Waals surface area contributed by atoms with Crippen molar-refractivity contribution < 1.29 is 14.3 Å². The van der Waals surface area contributed by atoms with Crippen molar-refractivity contribution >= 4 is 23.3 Å². The highest BCUT2D eigenvalue weighted by molar-refractivity contribution is 5.86. The number of nitrogens with zero attached hydrogens (tertiary/aromatic N) is 1. The summed E-state index contributed by atoms with van der Waals surface area (Å²) in [5.41, 5.74) is 7.60. The van der Waals surface area contributed by atoms with Gasteiger partial charge < -0.3 is 20.7 Å². The molecular formula is C15H21N3O3. The number of benzene rings is 1. The largest absolute Gasteiger partial charge is 0.459 e. The summed E-state index contributed by atoms with van der Waals surface area (Å²) in [7, 11) is 0. The molecule has 1 amide bonds. The molecule has 0 bridgehead atoms. The fourth-order valence-electron chi connectivity index (χ4n) is 2.17. The second kappa shape index (κ2) is 5.63. The van der Waals surface area contributed by atoms with Gasteiger partial charge in [-0.2, -0.15) is 0 Å². The first-order valence-electron chi connectivity index (χ1n) is 6.86. The molecule has 1 heterocycles. The van der Waals surface area contributed by atoms with Crippen LogP contribution in [0.5, 0.6) is 0 Å². The quantitative estimate of drug-likeness (QED) is 0.635. The summed E-state index contributed by atoms with van der Waals surface area (Å²) in [6, 6.07) is 5.43. The number of nitrogen functional groups attached to an aromatic ring is 1. The Labute approximate surface area is 124 Å². The third-order valence-corrected chi connectivity index (χ3v) is 3.01. The summed E-state index contributed by atoms with van der Waals surface area (Å²) in [4.78, 5) is 25.5. The Bertz CT molecular complexity index is 564. The number of carbonyl (C=O) groups excluding carboxylic acids is 2. The van der Waals surface area contributed by atoms with Gasteiger partial charge in [-0.05, 0) is 44.5 Å². The van der Waals surface area contributed by atoms with Gasteiger partial charge in [0.15, 0.2) is 0 Å². The van der Waals surface area contributed by atoms with E-state index in [9.17, 15) is 9.59 Å². The van der Waals surface area contributed by atoms with Gasteiger partial charge in [-0.3, -0.25) is 9.59 Å². The van der Waals surface area contributed by atoms with Crippen molar-refractivity contribution in [2.45, 2.75) is 32.9 Å². The van der Waals surface area contributed by atoms with E-state index in [1.54, 1.807) is 26.8 Å². The smallest absolute Gasteiger partial charge is 0.326 e. The van der Waals surface area contributed by atoms with Gasteiger partial charge in [0.1, 0.15) is 12.1 Å². The number of esters is 1. The second-order valence-electron chi connectivity index (χ2n) is 6.11. The van der Waals surface area contributed by atoms with Gasteiger partial charge in [-0.25, -0.2) is 0 Å². The first kappa shape index (κ1) is 15.2. The number of amides is 1. The minimum absolute atomic E-state index is 0.0635. The van der Waals surface area contributed by atoms with Crippen LogP contribution in [-0.2, 0) is 20.9 Å². The first-order chi connectivity index (χ1) is 9.74. The molecule has 0 saturated heterocycles. The summed E-state index contributed by atoms with van der Waals surface area (Å²) in [6.07, 6.45) is 0. The molecule has 1 aromatic carbocycles. The predicted octanol–water partition coefficient (Wildman–Crippen LogP) is 1.36. The summed E-state index contributed by atoms with van der Waals surface area (Å²) in [5, 5.41) is 3.05. The zero-order valence-electron chi connectivity index (χ0n) is 12.6. The maximum Gasteiger partial charge on any atom is 0.326 e. The lowest BCUT2D eigenvalue weighted by molar-refractivity contribution is -0.158. The third kappa shape index (κ3) is 4.11. The predicted molar refractivity (Wildman–Crippen MR) is 80.6 cm³/mol. The second-order valence-corrected chi connectivity index (χ2v) is 6.11. The van der Waals surface area contributed by atoms with Gasteiger partial charge in [0.05, 0.1) is 6.54 Å². The lowest BCUT2D eigenvalue weighted by Crippen LogP contribution is -2.39. The number of carbonyl (C=O) groups is 2. The van der Waals surface area contributed by atoms with E-state index in [1.807, 2.05) is 12.1 Å². The van der Waals surface area contributed by atoms with Crippen LogP contribution in [0.4, 0.5) is 11.4 Å². The summed E-state index contributed by atoms with van der Waals surface area (Å²) in [6.45, 7) is 5.82. The first-order valence-corrected chi connectivity index (χ1v) is 6.86. The number of nitrogens with one attached hydrogen (secondary N) is 1. The van der Waals surface area contributed by atoms with Gasteiger partial charge in [0, 0.05) is 17.9 Å². The van der Waals surface area contributed by atoms with Crippen LogP contribution in [-0.4, -0.2) is 35.5 Å². The van der Waals surface area contributed by atoms with E-state index >= 15 is 0 Å². The van der Waals surface area contributed by atoms with Crippen molar-refractivity contribution in [3.63, 3.8) is 0 Å². The van der Waals surface area contributed by atoms with Gasteiger partial charge in [0.25, 0.3) is 0 Å². The van der Waals surface area contributed by atoms with Crippen molar-refractivity contribution in [2.75, 3.05) is 24.1 Å². The van der Waals surface area contributed by atoms with Crippen molar-refractivity contribution in [3.8, 4) is 0 Å². The standard InChI is InChI=1S/C15H21N3O3/c1-15(2,3)21-14(20)9-18-8-10-6-11(16)4-5-12(10)17-7-13(18)19/h4-6,17H,7-9,16H2,1-3H3. The molecular weight excluding hydrogens is 270 g/mol. The fourth-order valence-corrected chi connectivity index (χ4v) is 2.17. The number of hydrogen-bond donors (Lipinski definition) is 2. The number of ether oxygens (including phenoxy) is 1. The van der Waals surface area contributed by atoms with Crippen molar-refractivity contribution in [1.82, 2.24) is 4.90 Å². The lowest BCUT2D eigenvalue weighted by Gasteiger charge is -2.24. The van der Waals surface area contributed by atoms with Crippen LogP contribution in [0.15, 0.2) is 18.2 Å². The number of nitrogens with two attached hydrogens (primary N) is 1. The van der Waals surface area contributed by atoms with Crippen LogP contribution < -0.4 is 11.1 Å². The number of rotatable bonds is 2. The molecule has 0 atom stereocenters. The van der Waals surface area contributed by atoms with Crippen LogP contribution in [0.1, 0.15) is 26.3 Å². The lowest BCUT2D eigenvalue weighted by atomic mass is 10.1. The summed E-state index contributed by atoms with van der Waals surface area (Å²) in [5.74, 6) is -0.557. The van der Waals surface area contributed by atoms with Gasteiger partial charge in [-0.15, -0.1) is 0 Å². The zero-order chi connectivity index (χ0) is 15.6. The van der Waals surface area contributed by atoms with Crippen LogP contribution >= 0.6 is 0 Å². The molecule has 0 radical (unpaired) electrons. The normalized spacial score (nSPS) is 15.0. The molecule has 1 aromatic rings. The molecule has 0 fully saturated rings. The average Bonchev–Trinajstić information content (AvgIpc) is 2.47. The highest BCUT2D eigenvalue weighted by Gasteiger charge is 2.25. The molecule has 21 heavy (non-hydrogen) atoms. The van der Waals surface area contributed by atoms with E-state index in [0.717, 1.165) is 11.3 Å². The van der Waals surface area contributed by atoms with Crippen LogP contribution in [0.3, 0.4) is 0 Å². The summed E-state index contributed by atoms with van der Waals surface area (Å²) < 4.78 is 5.26. The molecule has 2 rings (SSSR count). The monoisotopic (exact) mass is 291 g/mol. The van der Waals surface area contributed by atoms with E-state index in [2.05, 4.69) is 5.32 Å². The van der Waals surface area contributed by atoms with E-state index in [-0.39, 0.29) is 19.0 Å². The Kier molecular flexibility index (Phi) is 4.06. The van der Waals surface area contributed by atoms with E-state index < -0.39 is 11.6 Å². The van der Waals surface area contributed by atoms with E-state index in [4.69, 9.17) is 10.5 Å². The molecule has 0 spiro atoms. The number of hydrogen-bond acceptors (Lipinski definition) is 5. The SMILES string of the molecule is CC(C)(C)OC(=O)CN1Cc2cc(N)ccc2NCC1=O. The van der Waals surface area contributed by atoms with Crippen molar-refractivity contribution in [2.24, 2.45) is 0 Å². The zero-order valence-corrected chi connectivity index (χ0v) is 12.6. The van der Waals surface area contributed by atoms with Crippen LogP contribution in [0.25, 0.3) is 0 Å². The highest BCUT2D eigenvalue weighted by atomic mass is 16.6. The number of anilines is 2. The third-order valence-electron chi connectivity index (χ3n) is 3.01. The molecule has 0 saturated carbocycles. The molecule has 3 N–H and O–H groups in total. The van der Waals surface area contributed by atoms with Gasteiger partial charge >= 0.3 is 5.97 Å². The average molecular weight is 291 g/mol. The minimum Gasteiger partial charge on any atom is -0.459 e. The van der Waals surface area contributed by atoms with Gasteiger partial charge in [-0.1, -0.05) is 0 Å². The van der Waals surface area contributed by atoms with Crippen LogP contribution in [0.2, 0.25) is 0 Å². The van der Waals surface area contributed by atoms with Crippen molar-refractivity contribution in [1.29, 1.82) is 0 Å². The maximum atomic E-state index is 12.1. The fraction of sp³-hybridized carbons (Fsp3) is 0.467. The molecule has 1 aliphatic rings. The maximum absolute atomic E-state index is 12.1. The Balaban J connectivity index is 2.12. The Morgan fingerprint density at radius 3 is 2.81 bits per heavy atom. The van der Waals surface area contributed by atoms with Gasteiger partial charge in [0.2, 0.25) is 5.91 Å². The molecule has 0 aromatic heterocycles. The molecule has 0 aliphatic carbocycles. The molecule has 6 nitrogen and oxygen atoms in total. The molecule has 6 heteroatoms. The van der Waals surface area contributed by atoms with Crippen molar-refractivity contribution in [3.05, 3.63) is 23.8 Å². The molecule has 0 unspecified atom stereocenters. The Hall–Kier alpha value is -2.24. The Morgan fingerprint density at radius 2 is 2.14 bits per heavy atom. The highest BCUT2D eigenvalue weighted by Crippen LogP contribution is 2.23. The minimum atomic E-state index is -0.563. The topological polar surface area (TPSA) is 84.7 Å². The number of fused-ring (bicyclic) bond motifs is 1. The summed E-state index contributed by atoms with van der Waals surface area (Å²) >= 11 is 0. The molecule has 1 aliphatic heterocycles. The van der Waals surface area contributed by atoms with E-state index in [1.165, 1.54) is 4.90 Å². The van der Waals surface area contributed by atoms with Crippen LogP contribution in [0, 0.1) is 0 Å².